The molecule has 0 spiro atoms. The van der Waals surface area contributed by atoms with E-state index in [9.17, 15) is 0 Å². The standard InChI is InChI=1S/C11H26N2/c1-4-5-9-13(11(2)3)10-7-6-8-12/h11H,4-10,12H2,1-3H3. The van der Waals surface area contributed by atoms with Crippen molar-refractivity contribution in [3.8, 4) is 0 Å². The van der Waals surface area contributed by atoms with Gasteiger partial charge in [0.2, 0.25) is 0 Å². The molecule has 0 rings (SSSR count). The summed E-state index contributed by atoms with van der Waals surface area (Å²) in [6.45, 7) is 10.1. The highest BCUT2D eigenvalue weighted by Crippen LogP contribution is 2.03. The molecular weight excluding hydrogens is 160 g/mol. The smallest absolute Gasteiger partial charge is 0.00385 e. The van der Waals surface area contributed by atoms with Gasteiger partial charge in [0.25, 0.3) is 0 Å². The van der Waals surface area contributed by atoms with Crippen LogP contribution < -0.4 is 5.73 Å². The molecule has 0 aromatic rings. The van der Waals surface area contributed by atoms with Gasteiger partial charge < -0.3 is 10.6 Å². The van der Waals surface area contributed by atoms with E-state index in [1.54, 1.807) is 0 Å². The first-order valence-electron chi connectivity index (χ1n) is 5.66. The van der Waals surface area contributed by atoms with Crippen molar-refractivity contribution >= 4 is 0 Å². The van der Waals surface area contributed by atoms with Gasteiger partial charge >= 0.3 is 0 Å². The Morgan fingerprint density at radius 2 is 1.69 bits per heavy atom. The maximum absolute atomic E-state index is 5.47. The molecule has 0 radical (unpaired) electrons. The van der Waals surface area contributed by atoms with Gasteiger partial charge in [0.1, 0.15) is 0 Å². The van der Waals surface area contributed by atoms with Gasteiger partial charge in [-0.05, 0) is 52.7 Å². The molecule has 0 aliphatic rings. The monoisotopic (exact) mass is 186 g/mol. The first kappa shape index (κ1) is 12.9. The zero-order valence-corrected chi connectivity index (χ0v) is 9.55. The number of nitrogens with zero attached hydrogens (tertiary/aromatic N) is 1. The van der Waals surface area contributed by atoms with Crippen molar-refractivity contribution in [3.63, 3.8) is 0 Å². The van der Waals surface area contributed by atoms with E-state index < -0.39 is 0 Å². The zero-order chi connectivity index (χ0) is 10.1. The number of hydrogen-bond donors (Lipinski definition) is 1. The molecule has 2 heteroatoms. The molecule has 2 N–H and O–H groups in total. The second kappa shape index (κ2) is 8.52. The minimum Gasteiger partial charge on any atom is -0.330 e. The molecule has 80 valence electrons. The Bertz CT molecular complexity index is 102. The van der Waals surface area contributed by atoms with Crippen LogP contribution in [0.5, 0.6) is 0 Å². The van der Waals surface area contributed by atoms with Crippen LogP contribution in [0.1, 0.15) is 46.5 Å². The molecule has 0 aromatic carbocycles. The number of hydrogen-bond acceptors (Lipinski definition) is 2. The normalized spacial score (nSPS) is 11.5. The topological polar surface area (TPSA) is 29.3 Å². The molecule has 0 amide bonds. The van der Waals surface area contributed by atoms with Crippen molar-refractivity contribution in [2.24, 2.45) is 5.73 Å². The number of unbranched alkanes of at least 4 members (excludes halogenated alkanes) is 2. The predicted molar refractivity (Wildman–Crippen MR) is 59.9 cm³/mol. The highest BCUT2D eigenvalue weighted by Gasteiger charge is 2.07. The Balaban J connectivity index is 3.54. The minimum absolute atomic E-state index is 0.685. The van der Waals surface area contributed by atoms with Gasteiger partial charge in [0.05, 0.1) is 0 Å². The lowest BCUT2D eigenvalue weighted by Crippen LogP contribution is -2.32. The van der Waals surface area contributed by atoms with E-state index in [4.69, 9.17) is 5.73 Å². The molecule has 0 saturated carbocycles. The number of rotatable bonds is 8. The predicted octanol–water partition coefficient (Wildman–Crippen LogP) is 2.24. The van der Waals surface area contributed by atoms with Gasteiger partial charge in [-0.1, -0.05) is 13.3 Å². The van der Waals surface area contributed by atoms with Crippen LogP contribution in [0, 0.1) is 0 Å². The lowest BCUT2D eigenvalue weighted by Gasteiger charge is -2.26. The molecule has 0 aliphatic carbocycles. The van der Waals surface area contributed by atoms with Crippen LogP contribution in [0.3, 0.4) is 0 Å². The van der Waals surface area contributed by atoms with E-state index in [1.165, 1.54) is 32.4 Å². The highest BCUT2D eigenvalue weighted by atomic mass is 15.1. The minimum atomic E-state index is 0.685. The Hall–Kier alpha value is -0.0800. The SMILES string of the molecule is CCCCN(CCCCN)C(C)C. The van der Waals surface area contributed by atoms with E-state index in [-0.39, 0.29) is 0 Å². The lowest BCUT2D eigenvalue weighted by atomic mass is 10.2. The molecular formula is C11H26N2. The zero-order valence-electron chi connectivity index (χ0n) is 9.55. The van der Waals surface area contributed by atoms with Crippen molar-refractivity contribution < 1.29 is 0 Å². The first-order chi connectivity index (χ1) is 6.22. The van der Waals surface area contributed by atoms with Crippen molar-refractivity contribution in [1.82, 2.24) is 4.90 Å². The molecule has 2 nitrogen and oxygen atoms in total. The summed E-state index contributed by atoms with van der Waals surface area (Å²) in [6.07, 6.45) is 5.02. The Kier molecular flexibility index (Phi) is 8.46. The summed E-state index contributed by atoms with van der Waals surface area (Å²) >= 11 is 0. The molecule has 0 aliphatic heterocycles. The molecule has 0 heterocycles. The quantitative estimate of drug-likeness (QED) is 0.589. The van der Waals surface area contributed by atoms with E-state index in [0.29, 0.717) is 6.04 Å². The molecule has 13 heavy (non-hydrogen) atoms. The summed E-state index contributed by atoms with van der Waals surface area (Å²) in [4.78, 5) is 2.55. The average molecular weight is 186 g/mol. The number of nitrogens with two attached hydrogens (primary N) is 1. The van der Waals surface area contributed by atoms with Gasteiger partial charge in [-0.15, -0.1) is 0 Å². The fraction of sp³-hybridized carbons (Fsp3) is 1.00. The summed E-state index contributed by atoms with van der Waals surface area (Å²) < 4.78 is 0. The molecule has 0 atom stereocenters. The van der Waals surface area contributed by atoms with Crippen molar-refractivity contribution in [2.75, 3.05) is 19.6 Å². The Morgan fingerprint density at radius 3 is 2.15 bits per heavy atom. The van der Waals surface area contributed by atoms with E-state index in [2.05, 4.69) is 25.7 Å². The van der Waals surface area contributed by atoms with Crippen LogP contribution in [0.2, 0.25) is 0 Å². The van der Waals surface area contributed by atoms with Crippen LogP contribution in [-0.2, 0) is 0 Å². The van der Waals surface area contributed by atoms with Crippen LogP contribution in [0.4, 0.5) is 0 Å². The molecule has 0 saturated heterocycles. The van der Waals surface area contributed by atoms with Gasteiger partial charge in [-0.3, -0.25) is 0 Å². The second-order valence-corrected chi connectivity index (χ2v) is 3.98. The summed E-state index contributed by atoms with van der Waals surface area (Å²) in [5.41, 5.74) is 5.47. The molecule has 0 fully saturated rings. The van der Waals surface area contributed by atoms with Gasteiger partial charge in [-0.2, -0.15) is 0 Å². The highest BCUT2D eigenvalue weighted by molar-refractivity contribution is 4.62. The maximum atomic E-state index is 5.47. The van der Waals surface area contributed by atoms with Gasteiger partial charge in [0.15, 0.2) is 0 Å². The van der Waals surface area contributed by atoms with Crippen LogP contribution in [0.25, 0.3) is 0 Å². The second-order valence-electron chi connectivity index (χ2n) is 3.98. The summed E-state index contributed by atoms with van der Waals surface area (Å²) in [5, 5.41) is 0. The largest absolute Gasteiger partial charge is 0.330 e. The molecule has 0 aromatic heterocycles. The summed E-state index contributed by atoms with van der Waals surface area (Å²) in [5.74, 6) is 0. The van der Waals surface area contributed by atoms with Crippen molar-refractivity contribution in [3.05, 3.63) is 0 Å². The van der Waals surface area contributed by atoms with E-state index >= 15 is 0 Å². The van der Waals surface area contributed by atoms with Crippen molar-refractivity contribution in [2.45, 2.75) is 52.5 Å². The van der Waals surface area contributed by atoms with Crippen LogP contribution in [-0.4, -0.2) is 30.6 Å². The summed E-state index contributed by atoms with van der Waals surface area (Å²) in [6, 6.07) is 0.685. The Morgan fingerprint density at radius 1 is 1.08 bits per heavy atom. The van der Waals surface area contributed by atoms with Gasteiger partial charge in [-0.25, -0.2) is 0 Å². The van der Waals surface area contributed by atoms with E-state index in [1.807, 2.05) is 0 Å². The Labute approximate surface area is 83.5 Å². The van der Waals surface area contributed by atoms with Crippen LogP contribution in [0.15, 0.2) is 0 Å². The lowest BCUT2D eigenvalue weighted by molar-refractivity contribution is 0.214. The maximum Gasteiger partial charge on any atom is 0.00385 e. The average Bonchev–Trinajstić information content (AvgIpc) is 2.10. The molecule has 0 unspecified atom stereocenters. The fourth-order valence-corrected chi connectivity index (χ4v) is 1.45. The van der Waals surface area contributed by atoms with Crippen molar-refractivity contribution in [1.29, 1.82) is 0 Å². The van der Waals surface area contributed by atoms with Crippen LogP contribution >= 0.6 is 0 Å². The van der Waals surface area contributed by atoms with E-state index in [0.717, 1.165) is 13.0 Å². The van der Waals surface area contributed by atoms with Gasteiger partial charge in [0, 0.05) is 6.04 Å². The summed E-state index contributed by atoms with van der Waals surface area (Å²) in [7, 11) is 0. The third kappa shape index (κ3) is 7.03. The first-order valence-corrected chi connectivity index (χ1v) is 5.66. The fourth-order valence-electron chi connectivity index (χ4n) is 1.45. The third-order valence-electron chi connectivity index (χ3n) is 2.43. The molecule has 0 bridgehead atoms. The third-order valence-corrected chi connectivity index (χ3v) is 2.43.